The zero-order chi connectivity index (χ0) is 21.1. The lowest BCUT2D eigenvalue weighted by molar-refractivity contribution is 0.0743. The van der Waals surface area contributed by atoms with Gasteiger partial charge in [-0.3, -0.25) is 4.79 Å². The van der Waals surface area contributed by atoms with Crippen molar-refractivity contribution in [2.24, 2.45) is 0 Å². The van der Waals surface area contributed by atoms with Crippen molar-refractivity contribution >= 4 is 29.3 Å². The first-order valence-electron chi connectivity index (χ1n) is 10.1. The second-order valence-electron chi connectivity index (χ2n) is 7.39. The average Bonchev–Trinajstić information content (AvgIpc) is 2.79. The summed E-state index contributed by atoms with van der Waals surface area (Å²) >= 11 is 6.09. The SMILES string of the molecule is COc1ccc(Cl)cc1C(=O)N1CCN(c2cc(C)nc(N3CCOCC3)n2)CC1. The van der Waals surface area contributed by atoms with E-state index >= 15 is 0 Å². The molecule has 0 unspecified atom stereocenters. The third-order valence-corrected chi connectivity index (χ3v) is 5.64. The number of halogens is 1. The summed E-state index contributed by atoms with van der Waals surface area (Å²) in [5, 5.41) is 0.518. The molecule has 0 bridgehead atoms. The molecular formula is C21H26ClN5O3. The van der Waals surface area contributed by atoms with Crippen molar-refractivity contribution in [3.05, 3.63) is 40.5 Å². The standard InChI is InChI=1S/C21H26ClN5O3/c1-15-13-19(24-21(23-15)27-9-11-30-12-10-27)25-5-7-26(8-6-25)20(28)17-14-16(22)3-4-18(17)29-2/h3-4,13-14H,5-12H2,1-2H3. The van der Waals surface area contributed by atoms with Crippen LogP contribution in [0.4, 0.5) is 11.8 Å². The van der Waals surface area contributed by atoms with Crippen molar-refractivity contribution in [3.8, 4) is 5.75 Å². The topological polar surface area (TPSA) is 71.0 Å². The van der Waals surface area contributed by atoms with E-state index in [4.69, 9.17) is 26.1 Å². The van der Waals surface area contributed by atoms with Crippen LogP contribution in [0.1, 0.15) is 16.1 Å². The van der Waals surface area contributed by atoms with Crippen LogP contribution in [0.2, 0.25) is 5.02 Å². The van der Waals surface area contributed by atoms with E-state index in [1.165, 1.54) is 0 Å². The Morgan fingerprint density at radius 1 is 1.03 bits per heavy atom. The van der Waals surface area contributed by atoms with E-state index in [-0.39, 0.29) is 5.91 Å². The number of piperazine rings is 1. The van der Waals surface area contributed by atoms with E-state index in [1.54, 1.807) is 25.3 Å². The van der Waals surface area contributed by atoms with Crippen LogP contribution in [0.5, 0.6) is 5.75 Å². The van der Waals surface area contributed by atoms with Gasteiger partial charge in [-0.15, -0.1) is 0 Å². The fraction of sp³-hybridized carbons (Fsp3) is 0.476. The summed E-state index contributed by atoms with van der Waals surface area (Å²) < 4.78 is 10.8. The van der Waals surface area contributed by atoms with E-state index in [0.717, 1.165) is 30.5 Å². The van der Waals surface area contributed by atoms with Crippen molar-refractivity contribution in [2.45, 2.75) is 6.92 Å². The number of aryl methyl sites for hydroxylation is 1. The smallest absolute Gasteiger partial charge is 0.257 e. The molecule has 2 fully saturated rings. The Bertz CT molecular complexity index is 912. The molecule has 0 atom stereocenters. The number of amides is 1. The van der Waals surface area contributed by atoms with Crippen molar-refractivity contribution in [2.75, 3.05) is 69.4 Å². The zero-order valence-electron chi connectivity index (χ0n) is 17.3. The molecule has 2 aliphatic heterocycles. The number of aromatic nitrogens is 2. The van der Waals surface area contributed by atoms with Gasteiger partial charge in [0.05, 0.1) is 25.9 Å². The van der Waals surface area contributed by atoms with Crippen LogP contribution < -0.4 is 14.5 Å². The maximum absolute atomic E-state index is 13.0. The summed E-state index contributed by atoms with van der Waals surface area (Å²) in [5.74, 6) is 2.11. The van der Waals surface area contributed by atoms with E-state index in [9.17, 15) is 4.79 Å². The first-order chi connectivity index (χ1) is 14.5. The number of carbonyl (C=O) groups is 1. The molecule has 1 amide bonds. The Morgan fingerprint density at radius 3 is 2.47 bits per heavy atom. The fourth-order valence-electron chi connectivity index (χ4n) is 3.76. The van der Waals surface area contributed by atoms with E-state index in [0.29, 0.717) is 55.7 Å². The van der Waals surface area contributed by atoms with Gasteiger partial charge in [0.15, 0.2) is 0 Å². The molecule has 4 rings (SSSR count). The van der Waals surface area contributed by atoms with Crippen molar-refractivity contribution < 1.29 is 14.3 Å². The lowest BCUT2D eigenvalue weighted by Gasteiger charge is -2.36. The molecule has 0 radical (unpaired) electrons. The molecule has 160 valence electrons. The number of morpholine rings is 1. The average molecular weight is 432 g/mol. The normalized spacial score (nSPS) is 17.2. The second kappa shape index (κ2) is 9.06. The predicted octanol–water partition coefficient (Wildman–Crippen LogP) is 2.25. The van der Waals surface area contributed by atoms with Gasteiger partial charge in [0, 0.05) is 56.1 Å². The lowest BCUT2D eigenvalue weighted by atomic mass is 10.1. The molecule has 8 nitrogen and oxygen atoms in total. The quantitative estimate of drug-likeness (QED) is 0.735. The molecule has 0 aliphatic carbocycles. The highest BCUT2D eigenvalue weighted by Crippen LogP contribution is 2.25. The van der Waals surface area contributed by atoms with Gasteiger partial charge in [-0.05, 0) is 25.1 Å². The van der Waals surface area contributed by atoms with E-state index in [2.05, 4.69) is 14.8 Å². The molecule has 30 heavy (non-hydrogen) atoms. The molecule has 3 heterocycles. The molecule has 0 N–H and O–H groups in total. The summed E-state index contributed by atoms with van der Waals surface area (Å²) in [6, 6.07) is 7.11. The van der Waals surface area contributed by atoms with Gasteiger partial charge < -0.3 is 24.2 Å². The number of rotatable bonds is 4. The first kappa shape index (κ1) is 20.7. The number of ether oxygens (including phenoxy) is 2. The summed E-state index contributed by atoms with van der Waals surface area (Å²) in [7, 11) is 1.56. The van der Waals surface area contributed by atoms with Crippen LogP contribution in [0.25, 0.3) is 0 Å². The number of nitrogens with zero attached hydrogens (tertiary/aromatic N) is 5. The number of hydrogen-bond acceptors (Lipinski definition) is 7. The Labute approximate surface area is 181 Å². The van der Waals surface area contributed by atoms with Gasteiger partial charge in [0.1, 0.15) is 11.6 Å². The monoisotopic (exact) mass is 431 g/mol. The van der Waals surface area contributed by atoms with Crippen molar-refractivity contribution in [1.82, 2.24) is 14.9 Å². The van der Waals surface area contributed by atoms with Crippen LogP contribution in [0.3, 0.4) is 0 Å². The van der Waals surface area contributed by atoms with Crippen LogP contribution >= 0.6 is 11.6 Å². The number of anilines is 2. The lowest BCUT2D eigenvalue weighted by Crippen LogP contribution is -2.49. The molecule has 2 saturated heterocycles. The van der Waals surface area contributed by atoms with Gasteiger partial charge in [-0.2, -0.15) is 4.98 Å². The van der Waals surface area contributed by atoms with E-state index in [1.807, 2.05) is 17.9 Å². The predicted molar refractivity (Wildman–Crippen MR) is 116 cm³/mol. The Balaban J connectivity index is 1.45. The molecule has 1 aromatic carbocycles. The van der Waals surface area contributed by atoms with Crippen molar-refractivity contribution in [3.63, 3.8) is 0 Å². The molecule has 0 saturated carbocycles. The minimum Gasteiger partial charge on any atom is -0.496 e. The number of methoxy groups -OCH3 is 1. The summed E-state index contributed by atoms with van der Waals surface area (Å²) in [5.41, 5.74) is 1.43. The first-order valence-corrected chi connectivity index (χ1v) is 10.5. The Hall–Kier alpha value is -2.58. The van der Waals surface area contributed by atoms with Crippen LogP contribution in [-0.2, 0) is 4.74 Å². The summed E-state index contributed by atoms with van der Waals surface area (Å²) in [6.45, 7) is 7.58. The molecule has 9 heteroatoms. The summed E-state index contributed by atoms with van der Waals surface area (Å²) in [6.07, 6.45) is 0. The van der Waals surface area contributed by atoms with Crippen LogP contribution in [0, 0.1) is 6.92 Å². The van der Waals surface area contributed by atoms with Crippen LogP contribution in [0.15, 0.2) is 24.3 Å². The third kappa shape index (κ3) is 4.44. The third-order valence-electron chi connectivity index (χ3n) is 5.41. The zero-order valence-corrected chi connectivity index (χ0v) is 18.1. The summed E-state index contributed by atoms with van der Waals surface area (Å²) in [4.78, 5) is 28.6. The second-order valence-corrected chi connectivity index (χ2v) is 7.83. The molecule has 2 aromatic rings. The van der Waals surface area contributed by atoms with Gasteiger partial charge in [-0.1, -0.05) is 11.6 Å². The highest BCUT2D eigenvalue weighted by Gasteiger charge is 2.26. The Morgan fingerprint density at radius 2 is 1.77 bits per heavy atom. The van der Waals surface area contributed by atoms with E-state index < -0.39 is 0 Å². The molecular weight excluding hydrogens is 406 g/mol. The van der Waals surface area contributed by atoms with Gasteiger partial charge in [-0.25, -0.2) is 4.98 Å². The maximum atomic E-state index is 13.0. The minimum atomic E-state index is -0.0677. The van der Waals surface area contributed by atoms with Gasteiger partial charge in [0.2, 0.25) is 5.95 Å². The molecule has 0 spiro atoms. The number of carbonyl (C=O) groups excluding carboxylic acids is 1. The Kier molecular flexibility index (Phi) is 6.24. The number of hydrogen-bond donors (Lipinski definition) is 0. The number of benzene rings is 1. The highest BCUT2D eigenvalue weighted by atomic mass is 35.5. The van der Waals surface area contributed by atoms with Crippen molar-refractivity contribution in [1.29, 1.82) is 0 Å². The van der Waals surface area contributed by atoms with Gasteiger partial charge in [0.25, 0.3) is 5.91 Å². The van der Waals surface area contributed by atoms with Gasteiger partial charge >= 0.3 is 0 Å². The fourth-order valence-corrected chi connectivity index (χ4v) is 3.93. The minimum absolute atomic E-state index is 0.0677. The molecule has 2 aliphatic rings. The highest BCUT2D eigenvalue weighted by molar-refractivity contribution is 6.31. The largest absolute Gasteiger partial charge is 0.496 e. The molecule has 1 aromatic heterocycles. The maximum Gasteiger partial charge on any atom is 0.257 e. The van der Waals surface area contributed by atoms with Crippen LogP contribution in [-0.4, -0.2) is 80.4 Å².